The monoisotopic (exact) mass is 374 g/mol. The van der Waals surface area contributed by atoms with Crippen LogP contribution in [0.4, 0.5) is 0 Å². The Hall–Kier alpha value is -2.37. The molecule has 0 N–H and O–H groups in total. The van der Waals surface area contributed by atoms with Gasteiger partial charge in [0.2, 0.25) is 0 Å². The van der Waals surface area contributed by atoms with Crippen molar-refractivity contribution in [1.82, 2.24) is 0 Å². The molecule has 4 atom stereocenters. The summed E-state index contributed by atoms with van der Waals surface area (Å²) in [5.74, 6) is -1.16. The molecule has 0 aromatic heterocycles. The quantitative estimate of drug-likeness (QED) is 0.555. The predicted octanol–water partition coefficient (Wildman–Crippen LogP) is 3.23. The summed E-state index contributed by atoms with van der Waals surface area (Å²) in [6.07, 6.45) is 5.09. The van der Waals surface area contributed by atoms with Gasteiger partial charge in [-0.05, 0) is 38.2 Å². The van der Waals surface area contributed by atoms with Crippen LogP contribution in [0, 0.1) is 17.3 Å². The number of methoxy groups -OCH3 is 1. The first-order valence-electron chi connectivity index (χ1n) is 9.40. The molecule has 0 bridgehead atoms. The van der Waals surface area contributed by atoms with Crippen molar-refractivity contribution in [2.24, 2.45) is 17.3 Å². The van der Waals surface area contributed by atoms with Gasteiger partial charge in [0.05, 0.1) is 13.0 Å². The van der Waals surface area contributed by atoms with Crippen LogP contribution in [-0.2, 0) is 28.6 Å². The van der Waals surface area contributed by atoms with Crippen molar-refractivity contribution >= 4 is 17.9 Å². The van der Waals surface area contributed by atoms with Crippen LogP contribution in [0.25, 0.3) is 0 Å². The second kappa shape index (κ2) is 6.98. The molecule has 3 rings (SSSR count). The number of carbonyl (C=O) groups is 3. The smallest absolute Gasteiger partial charge is 0.339 e. The molecule has 0 saturated heterocycles. The van der Waals surface area contributed by atoms with Gasteiger partial charge in [0.1, 0.15) is 11.9 Å². The van der Waals surface area contributed by atoms with E-state index in [4.69, 9.17) is 14.2 Å². The fourth-order valence-electron chi connectivity index (χ4n) is 4.17. The lowest BCUT2D eigenvalue weighted by Gasteiger charge is -2.48. The van der Waals surface area contributed by atoms with E-state index < -0.39 is 23.5 Å². The Morgan fingerprint density at radius 2 is 2.11 bits per heavy atom. The predicted molar refractivity (Wildman–Crippen MR) is 97.1 cm³/mol. The molecular weight excluding hydrogens is 348 g/mol. The minimum atomic E-state index is -0.817. The number of carbonyl (C=O) groups excluding carboxylic acids is 3. The highest BCUT2D eigenvalue weighted by molar-refractivity contribution is 5.96. The molecule has 6 heteroatoms. The zero-order valence-electron chi connectivity index (χ0n) is 16.5. The fourth-order valence-corrected chi connectivity index (χ4v) is 4.17. The Morgan fingerprint density at radius 1 is 1.41 bits per heavy atom. The van der Waals surface area contributed by atoms with Gasteiger partial charge < -0.3 is 14.2 Å². The average Bonchev–Trinajstić information content (AvgIpc) is 2.93. The molecule has 3 aliphatic rings. The Kier molecular flexibility index (Phi) is 5.02. The molecule has 0 saturated carbocycles. The molecule has 1 heterocycles. The Bertz CT molecular complexity index is 786. The van der Waals surface area contributed by atoms with Crippen molar-refractivity contribution in [3.63, 3.8) is 0 Å². The maximum absolute atomic E-state index is 12.7. The minimum Gasteiger partial charge on any atom is -0.466 e. The number of hydrogen-bond donors (Lipinski definition) is 0. The number of ether oxygens (including phenoxy) is 3. The molecule has 0 spiro atoms. The zero-order valence-corrected chi connectivity index (χ0v) is 16.5. The summed E-state index contributed by atoms with van der Waals surface area (Å²) in [7, 11) is 1.34. The summed E-state index contributed by atoms with van der Waals surface area (Å²) in [6, 6.07) is 0. The maximum atomic E-state index is 12.7. The SMILES string of the molecule is CCC(C)C(=O)O[C@@H]1C2=C(C)C(=O)OC2=C[C@H]2CCC=C(C(=O)OC)[C@@]12C. The van der Waals surface area contributed by atoms with Crippen LogP contribution in [0.2, 0.25) is 0 Å². The largest absolute Gasteiger partial charge is 0.466 e. The van der Waals surface area contributed by atoms with Crippen molar-refractivity contribution < 1.29 is 28.6 Å². The van der Waals surface area contributed by atoms with E-state index in [9.17, 15) is 14.4 Å². The van der Waals surface area contributed by atoms with Gasteiger partial charge in [0.15, 0.2) is 0 Å². The highest BCUT2D eigenvalue weighted by Crippen LogP contribution is 2.55. The third-order valence-electron chi connectivity index (χ3n) is 6.17. The third kappa shape index (κ3) is 2.91. The van der Waals surface area contributed by atoms with Crippen LogP contribution in [-0.4, -0.2) is 31.1 Å². The Balaban J connectivity index is 2.16. The van der Waals surface area contributed by atoms with Crippen LogP contribution in [0.15, 0.2) is 34.6 Å². The van der Waals surface area contributed by atoms with Crippen LogP contribution < -0.4 is 0 Å². The normalized spacial score (nSPS) is 30.5. The van der Waals surface area contributed by atoms with Crippen LogP contribution >= 0.6 is 0 Å². The minimum absolute atomic E-state index is 0.108. The Morgan fingerprint density at radius 3 is 2.74 bits per heavy atom. The number of fused-ring (bicyclic) bond motifs is 2. The van der Waals surface area contributed by atoms with Gasteiger partial charge in [0, 0.05) is 22.1 Å². The van der Waals surface area contributed by atoms with E-state index >= 15 is 0 Å². The van der Waals surface area contributed by atoms with Crippen LogP contribution in [0.3, 0.4) is 0 Å². The molecule has 27 heavy (non-hydrogen) atoms. The molecule has 0 radical (unpaired) electrons. The van der Waals surface area contributed by atoms with Gasteiger partial charge in [0.25, 0.3) is 0 Å². The number of rotatable bonds is 4. The number of hydrogen-bond acceptors (Lipinski definition) is 6. The lowest BCUT2D eigenvalue weighted by molar-refractivity contribution is -0.160. The van der Waals surface area contributed by atoms with E-state index in [2.05, 4.69) is 0 Å². The lowest BCUT2D eigenvalue weighted by atomic mass is 9.58. The summed E-state index contributed by atoms with van der Waals surface area (Å²) in [5.41, 5.74) is 0.644. The molecule has 0 aromatic carbocycles. The van der Waals surface area contributed by atoms with E-state index in [0.717, 1.165) is 6.42 Å². The van der Waals surface area contributed by atoms with E-state index in [0.29, 0.717) is 35.3 Å². The molecule has 2 aliphatic carbocycles. The van der Waals surface area contributed by atoms with E-state index in [-0.39, 0.29) is 17.8 Å². The van der Waals surface area contributed by atoms with Gasteiger partial charge in [-0.15, -0.1) is 0 Å². The highest BCUT2D eigenvalue weighted by Gasteiger charge is 2.56. The summed E-state index contributed by atoms with van der Waals surface area (Å²) in [5, 5.41) is 0. The van der Waals surface area contributed by atoms with Crippen molar-refractivity contribution in [2.75, 3.05) is 7.11 Å². The van der Waals surface area contributed by atoms with Crippen LogP contribution in [0.5, 0.6) is 0 Å². The molecular formula is C21H26O6. The summed E-state index contributed by atoms with van der Waals surface area (Å²) in [4.78, 5) is 37.4. The molecule has 0 aromatic rings. The molecule has 1 aliphatic heterocycles. The molecule has 1 unspecified atom stereocenters. The first kappa shape index (κ1) is 19.4. The second-order valence-electron chi connectivity index (χ2n) is 7.66. The highest BCUT2D eigenvalue weighted by atomic mass is 16.6. The zero-order chi connectivity index (χ0) is 19.9. The van der Waals surface area contributed by atoms with Crippen LogP contribution in [0.1, 0.15) is 47.0 Å². The number of allylic oxidation sites excluding steroid dienone is 2. The second-order valence-corrected chi connectivity index (χ2v) is 7.66. The first-order chi connectivity index (χ1) is 12.7. The average molecular weight is 374 g/mol. The van der Waals surface area contributed by atoms with Gasteiger partial charge in [-0.3, -0.25) is 4.79 Å². The fraction of sp³-hybridized carbons (Fsp3) is 0.571. The van der Waals surface area contributed by atoms with Gasteiger partial charge >= 0.3 is 17.9 Å². The molecule has 6 nitrogen and oxygen atoms in total. The summed E-state index contributed by atoms with van der Waals surface area (Å²) in [6.45, 7) is 7.29. The standard InChI is InChI=1S/C21H26O6/c1-6-11(2)18(22)27-17-16-12(3)19(23)26-15(16)10-13-8-7-9-14(20(24)25-5)21(13,17)4/h9-11,13,17H,6-8H2,1-5H3/t11?,13-,17-,21+/m1/s1. The molecule has 0 amide bonds. The summed E-state index contributed by atoms with van der Waals surface area (Å²) >= 11 is 0. The van der Waals surface area contributed by atoms with Gasteiger partial charge in [-0.2, -0.15) is 0 Å². The molecule has 0 fully saturated rings. The summed E-state index contributed by atoms with van der Waals surface area (Å²) < 4.78 is 16.4. The Labute approximate surface area is 159 Å². The van der Waals surface area contributed by atoms with Crippen molar-refractivity contribution in [3.05, 3.63) is 34.6 Å². The topological polar surface area (TPSA) is 78.9 Å². The third-order valence-corrected chi connectivity index (χ3v) is 6.17. The van der Waals surface area contributed by atoms with Crippen molar-refractivity contribution in [2.45, 2.75) is 53.1 Å². The van der Waals surface area contributed by atoms with Crippen molar-refractivity contribution in [1.29, 1.82) is 0 Å². The molecule has 146 valence electrons. The van der Waals surface area contributed by atoms with Crippen molar-refractivity contribution in [3.8, 4) is 0 Å². The lowest BCUT2D eigenvalue weighted by Crippen LogP contribution is -2.50. The van der Waals surface area contributed by atoms with Gasteiger partial charge in [-0.1, -0.05) is 26.8 Å². The number of esters is 3. The maximum Gasteiger partial charge on any atom is 0.339 e. The van der Waals surface area contributed by atoms with E-state index in [1.165, 1.54) is 7.11 Å². The first-order valence-corrected chi connectivity index (χ1v) is 9.40. The van der Waals surface area contributed by atoms with E-state index in [1.54, 1.807) is 13.8 Å². The van der Waals surface area contributed by atoms with Gasteiger partial charge in [-0.25, -0.2) is 9.59 Å². The van der Waals surface area contributed by atoms with E-state index in [1.807, 2.05) is 26.0 Å².